The maximum atomic E-state index is 12.0. The lowest BCUT2D eigenvalue weighted by atomic mass is 9.97. The van der Waals surface area contributed by atoms with Crippen molar-refractivity contribution in [3.63, 3.8) is 0 Å². The predicted octanol–water partition coefficient (Wildman–Crippen LogP) is 0.555. The van der Waals surface area contributed by atoms with E-state index >= 15 is 0 Å². The van der Waals surface area contributed by atoms with Gasteiger partial charge in [0.05, 0.1) is 6.10 Å². The Morgan fingerprint density at radius 2 is 1.85 bits per heavy atom. The van der Waals surface area contributed by atoms with Crippen LogP contribution in [0, 0.1) is 5.92 Å². The summed E-state index contributed by atoms with van der Waals surface area (Å²) in [5.41, 5.74) is 0. The molecule has 2 aliphatic rings. The van der Waals surface area contributed by atoms with E-state index in [4.69, 9.17) is 4.74 Å². The monoisotopic (exact) mass is 283 g/mol. The van der Waals surface area contributed by atoms with Gasteiger partial charge in [-0.2, -0.15) is 0 Å². The van der Waals surface area contributed by atoms with Crippen LogP contribution < -0.4 is 5.32 Å². The van der Waals surface area contributed by atoms with Crippen molar-refractivity contribution in [2.24, 2.45) is 5.92 Å². The number of hydrogen-bond donors (Lipinski definition) is 1. The van der Waals surface area contributed by atoms with Crippen LogP contribution in [-0.4, -0.2) is 74.2 Å². The second kappa shape index (κ2) is 7.96. The zero-order valence-electron chi connectivity index (χ0n) is 12.9. The van der Waals surface area contributed by atoms with Crippen molar-refractivity contribution in [1.82, 2.24) is 15.1 Å². The van der Waals surface area contributed by atoms with Crippen LogP contribution in [0.15, 0.2) is 0 Å². The summed E-state index contributed by atoms with van der Waals surface area (Å²) in [5, 5.41) is 3.41. The Balaban J connectivity index is 1.65. The van der Waals surface area contributed by atoms with Crippen LogP contribution in [0.25, 0.3) is 0 Å². The molecule has 0 spiro atoms. The average molecular weight is 283 g/mol. The highest BCUT2D eigenvalue weighted by Gasteiger charge is 2.23. The molecule has 1 amide bonds. The van der Waals surface area contributed by atoms with Gasteiger partial charge in [0.1, 0.15) is 6.61 Å². The molecule has 0 aromatic carbocycles. The minimum absolute atomic E-state index is 0.125. The van der Waals surface area contributed by atoms with Crippen molar-refractivity contribution in [2.75, 3.05) is 52.4 Å². The Kier molecular flexibility index (Phi) is 6.26. The molecular weight excluding hydrogens is 254 g/mol. The minimum Gasteiger partial charge on any atom is -0.369 e. The van der Waals surface area contributed by atoms with Gasteiger partial charge >= 0.3 is 0 Å². The van der Waals surface area contributed by atoms with Crippen LogP contribution in [0.4, 0.5) is 0 Å². The lowest BCUT2D eigenvalue weighted by Gasteiger charge is -2.37. The minimum atomic E-state index is 0.125. The number of hydrogen-bond acceptors (Lipinski definition) is 4. The van der Waals surface area contributed by atoms with Crippen LogP contribution in [0.3, 0.4) is 0 Å². The summed E-state index contributed by atoms with van der Waals surface area (Å²) in [4.78, 5) is 16.4. The van der Waals surface area contributed by atoms with E-state index in [0.717, 1.165) is 45.2 Å². The number of nitrogens with zero attached hydrogens (tertiary/aromatic N) is 2. The van der Waals surface area contributed by atoms with Crippen LogP contribution in [0.2, 0.25) is 0 Å². The number of carbonyl (C=O) groups is 1. The Morgan fingerprint density at radius 1 is 1.20 bits per heavy atom. The molecule has 1 N–H and O–H groups in total. The molecule has 0 bridgehead atoms. The van der Waals surface area contributed by atoms with Crippen LogP contribution >= 0.6 is 0 Å². The predicted molar refractivity (Wildman–Crippen MR) is 79.7 cm³/mol. The van der Waals surface area contributed by atoms with Gasteiger partial charge < -0.3 is 15.0 Å². The number of rotatable bonds is 5. The smallest absolute Gasteiger partial charge is 0.248 e. The quantitative estimate of drug-likeness (QED) is 0.800. The Hall–Kier alpha value is -0.650. The Morgan fingerprint density at radius 3 is 2.45 bits per heavy atom. The van der Waals surface area contributed by atoms with Crippen LogP contribution in [-0.2, 0) is 9.53 Å². The molecule has 0 aromatic heterocycles. The lowest BCUT2D eigenvalue weighted by Crippen LogP contribution is -2.51. The molecule has 5 heteroatoms. The van der Waals surface area contributed by atoms with Gasteiger partial charge in [-0.15, -0.1) is 0 Å². The molecule has 2 fully saturated rings. The highest BCUT2D eigenvalue weighted by atomic mass is 16.5. The molecule has 0 unspecified atom stereocenters. The van der Waals surface area contributed by atoms with E-state index in [2.05, 4.69) is 10.2 Å². The van der Waals surface area contributed by atoms with Crippen LogP contribution in [0.5, 0.6) is 0 Å². The van der Waals surface area contributed by atoms with Crippen molar-refractivity contribution in [3.8, 4) is 0 Å². The summed E-state index contributed by atoms with van der Waals surface area (Å²) in [5.74, 6) is 0.975. The van der Waals surface area contributed by atoms with Gasteiger partial charge in [-0.1, -0.05) is 0 Å². The van der Waals surface area contributed by atoms with E-state index in [-0.39, 0.29) is 18.6 Å². The standard InChI is InChI=1S/C15H29N3O2/c1-13(2)20-12-15(19)18-9-7-17(8-10-18)11-14-3-5-16-6-4-14/h13-14,16H,3-12H2,1-2H3. The summed E-state index contributed by atoms with van der Waals surface area (Å²) in [6.45, 7) is 11.4. The Labute approximate surface area is 122 Å². The van der Waals surface area contributed by atoms with E-state index in [1.54, 1.807) is 0 Å². The largest absolute Gasteiger partial charge is 0.369 e. The molecule has 0 aliphatic carbocycles. The first-order chi connectivity index (χ1) is 9.65. The highest BCUT2D eigenvalue weighted by Crippen LogP contribution is 2.14. The molecule has 20 heavy (non-hydrogen) atoms. The fourth-order valence-corrected chi connectivity index (χ4v) is 2.94. The number of piperidine rings is 1. The zero-order valence-corrected chi connectivity index (χ0v) is 12.9. The molecular formula is C15H29N3O2. The molecule has 116 valence electrons. The third-order valence-electron chi connectivity index (χ3n) is 4.24. The molecule has 0 saturated carbocycles. The topological polar surface area (TPSA) is 44.8 Å². The maximum Gasteiger partial charge on any atom is 0.248 e. The van der Waals surface area contributed by atoms with E-state index in [0.29, 0.717) is 0 Å². The van der Waals surface area contributed by atoms with Gasteiger partial charge in [0, 0.05) is 32.7 Å². The van der Waals surface area contributed by atoms with E-state index < -0.39 is 0 Å². The third-order valence-corrected chi connectivity index (χ3v) is 4.24. The number of ether oxygens (including phenoxy) is 1. The van der Waals surface area contributed by atoms with Crippen molar-refractivity contribution in [3.05, 3.63) is 0 Å². The first-order valence-electron chi connectivity index (χ1n) is 7.97. The van der Waals surface area contributed by atoms with E-state index in [9.17, 15) is 4.79 Å². The van der Waals surface area contributed by atoms with Crippen molar-refractivity contribution in [1.29, 1.82) is 0 Å². The number of piperazine rings is 1. The second-order valence-electron chi connectivity index (χ2n) is 6.23. The summed E-state index contributed by atoms with van der Waals surface area (Å²) < 4.78 is 5.39. The number of carbonyl (C=O) groups excluding carboxylic acids is 1. The van der Waals surface area contributed by atoms with E-state index in [1.807, 2.05) is 18.7 Å². The van der Waals surface area contributed by atoms with Gasteiger partial charge in [-0.25, -0.2) is 0 Å². The van der Waals surface area contributed by atoms with Gasteiger partial charge in [0.25, 0.3) is 0 Å². The van der Waals surface area contributed by atoms with Gasteiger partial charge in [-0.3, -0.25) is 9.69 Å². The summed E-state index contributed by atoms with van der Waals surface area (Å²) in [6.07, 6.45) is 2.71. The SMILES string of the molecule is CC(C)OCC(=O)N1CCN(CC2CCNCC2)CC1. The highest BCUT2D eigenvalue weighted by molar-refractivity contribution is 5.77. The normalized spacial score (nSPS) is 22.4. The average Bonchev–Trinajstić information content (AvgIpc) is 2.46. The van der Waals surface area contributed by atoms with Crippen molar-refractivity contribution >= 4 is 5.91 Å². The molecule has 0 aromatic rings. The fourth-order valence-electron chi connectivity index (χ4n) is 2.94. The zero-order chi connectivity index (χ0) is 14.4. The third kappa shape index (κ3) is 5.04. The Bertz CT molecular complexity index is 295. The van der Waals surface area contributed by atoms with E-state index in [1.165, 1.54) is 19.4 Å². The van der Waals surface area contributed by atoms with Gasteiger partial charge in [0.2, 0.25) is 5.91 Å². The molecule has 5 nitrogen and oxygen atoms in total. The molecule has 2 aliphatic heterocycles. The molecule has 0 atom stereocenters. The fraction of sp³-hybridized carbons (Fsp3) is 0.933. The summed E-state index contributed by atoms with van der Waals surface area (Å²) in [6, 6.07) is 0. The van der Waals surface area contributed by atoms with Crippen molar-refractivity contribution < 1.29 is 9.53 Å². The first-order valence-corrected chi connectivity index (χ1v) is 7.97. The first kappa shape index (κ1) is 15.7. The van der Waals surface area contributed by atoms with Crippen LogP contribution in [0.1, 0.15) is 26.7 Å². The van der Waals surface area contributed by atoms with Crippen molar-refractivity contribution in [2.45, 2.75) is 32.8 Å². The summed E-state index contributed by atoms with van der Waals surface area (Å²) >= 11 is 0. The number of amides is 1. The second-order valence-corrected chi connectivity index (χ2v) is 6.23. The van der Waals surface area contributed by atoms with Gasteiger partial charge in [-0.05, 0) is 45.7 Å². The molecule has 2 heterocycles. The molecule has 2 saturated heterocycles. The number of nitrogens with one attached hydrogen (secondary N) is 1. The maximum absolute atomic E-state index is 12.0. The summed E-state index contributed by atoms with van der Waals surface area (Å²) in [7, 11) is 0. The van der Waals surface area contributed by atoms with Gasteiger partial charge in [0.15, 0.2) is 0 Å². The lowest BCUT2D eigenvalue weighted by molar-refractivity contribution is -0.139. The molecule has 2 rings (SSSR count). The molecule has 0 radical (unpaired) electrons.